The lowest BCUT2D eigenvalue weighted by Crippen LogP contribution is -2.50. The number of hydrogen-bond acceptors (Lipinski definition) is 5. The van der Waals surface area contributed by atoms with Crippen LogP contribution in [0.15, 0.2) is 5.29 Å². The number of carbonyl (C=O) groups excluding carboxylic acids is 2. The maximum absolute atomic E-state index is 13.5. The molecule has 0 spiro atoms. The number of rotatable bonds is 6. The van der Waals surface area contributed by atoms with Gasteiger partial charge in [0.2, 0.25) is 11.8 Å². The molecule has 0 aliphatic carbocycles. The van der Waals surface area contributed by atoms with Crippen molar-refractivity contribution in [3.63, 3.8) is 0 Å². The first-order valence-corrected chi connectivity index (χ1v) is 8.50. The van der Waals surface area contributed by atoms with Crippen molar-refractivity contribution in [2.24, 2.45) is 5.29 Å². The standard InChI is InChI=1S/C16H24FN5O3/c1-16(2,8-14(23)20-5-3-4-6-20)22(19-25)11-15(24)21-10-12(17)7-13(21)9-18/h12-13H,3-8,10-11H2,1-2H3/t12-,13-/m0/s1. The molecule has 0 unspecified atom stereocenters. The number of carbonyl (C=O) groups is 2. The maximum atomic E-state index is 13.5. The fourth-order valence-electron chi connectivity index (χ4n) is 3.29. The normalized spacial score (nSPS) is 23.4. The summed E-state index contributed by atoms with van der Waals surface area (Å²) < 4.78 is 13.5. The molecule has 0 N–H and O–H groups in total. The fraction of sp³-hybridized carbons (Fsp3) is 0.812. The zero-order valence-electron chi connectivity index (χ0n) is 14.7. The third-order valence-corrected chi connectivity index (χ3v) is 4.84. The molecule has 8 nitrogen and oxygen atoms in total. The smallest absolute Gasteiger partial charge is 0.245 e. The molecule has 0 bridgehead atoms. The van der Waals surface area contributed by atoms with Crippen molar-refractivity contribution >= 4 is 11.8 Å². The van der Waals surface area contributed by atoms with Crippen LogP contribution < -0.4 is 0 Å². The van der Waals surface area contributed by atoms with E-state index in [1.807, 2.05) is 6.07 Å². The molecular formula is C16H24FN5O3. The first kappa shape index (κ1) is 19.1. The second-order valence-corrected chi connectivity index (χ2v) is 7.24. The van der Waals surface area contributed by atoms with E-state index < -0.39 is 23.7 Å². The van der Waals surface area contributed by atoms with Crippen molar-refractivity contribution < 1.29 is 14.0 Å². The van der Waals surface area contributed by atoms with Gasteiger partial charge in [-0.15, -0.1) is 4.91 Å². The molecule has 2 saturated heterocycles. The van der Waals surface area contributed by atoms with E-state index in [1.54, 1.807) is 18.7 Å². The maximum Gasteiger partial charge on any atom is 0.245 e. The largest absolute Gasteiger partial charge is 0.343 e. The van der Waals surface area contributed by atoms with Crippen molar-refractivity contribution in [3.8, 4) is 6.07 Å². The number of nitriles is 1. The van der Waals surface area contributed by atoms with E-state index in [0.717, 1.165) is 22.8 Å². The summed E-state index contributed by atoms with van der Waals surface area (Å²) in [5.41, 5.74) is -0.950. The molecule has 0 aromatic carbocycles. The van der Waals surface area contributed by atoms with E-state index in [2.05, 4.69) is 5.29 Å². The highest BCUT2D eigenvalue weighted by molar-refractivity contribution is 5.80. The summed E-state index contributed by atoms with van der Waals surface area (Å²) >= 11 is 0. The molecule has 0 aromatic heterocycles. The Labute approximate surface area is 146 Å². The summed E-state index contributed by atoms with van der Waals surface area (Å²) in [6.45, 7) is 4.21. The quantitative estimate of drug-likeness (QED) is 0.528. The van der Waals surface area contributed by atoms with Crippen molar-refractivity contribution in [2.45, 2.75) is 57.3 Å². The van der Waals surface area contributed by atoms with Crippen molar-refractivity contribution in [1.29, 1.82) is 5.26 Å². The van der Waals surface area contributed by atoms with Crippen LogP contribution in [-0.4, -0.2) is 70.6 Å². The second kappa shape index (κ2) is 7.76. The third-order valence-electron chi connectivity index (χ3n) is 4.84. The highest BCUT2D eigenvalue weighted by Crippen LogP contribution is 2.24. The Morgan fingerprint density at radius 2 is 1.96 bits per heavy atom. The molecule has 0 aromatic rings. The molecule has 2 heterocycles. The molecule has 2 aliphatic rings. The monoisotopic (exact) mass is 353 g/mol. The van der Waals surface area contributed by atoms with Gasteiger partial charge in [0, 0.05) is 19.5 Å². The zero-order valence-corrected chi connectivity index (χ0v) is 14.7. The summed E-state index contributed by atoms with van der Waals surface area (Å²) in [7, 11) is 0. The lowest BCUT2D eigenvalue weighted by molar-refractivity contribution is -0.138. The number of likely N-dealkylation sites (tertiary alicyclic amines) is 2. The average molecular weight is 353 g/mol. The minimum Gasteiger partial charge on any atom is -0.343 e. The van der Waals surface area contributed by atoms with E-state index in [9.17, 15) is 18.9 Å². The van der Waals surface area contributed by atoms with Crippen molar-refractivity contribution in [3.05, 3.63) is 4.91 Å². The van der Waals surface area contributed by atoms with E-state index in [4.69, 9.17) is 5.26 Å². The second-order valence-electron chi connectivity index (χ2n) is 7.24. The molecule has 2 rings (SSSR count). The minimum absolute atomic E-state index is 0.0202. The SMILES string of the molecule is CC(C)(CC(=O)N1CCCC1)N(CC(=O)N1C[C@@H](F)C[C@H]1C#N)N=O. The van der Waals surface area contributed by atoms with Gasteiger partial charge in [0.25, 0.3) is 0 Å². The van der Waals surface area contributed by atoms with Gasteiger partial charge in [-0.25, -0.2) is 9.40 Å². The van der Waals surface area contributed by atoms with Gasteiger partial charge >= 0.3 is 0 Å². The fourth-order valence-corrected chi connectivity index (χ4v) is 3.29. The van der Waals surface area contributed by atoms with Gasteiger partial charge in [0.1, 0.15) is 18.8 Å². The Bertz CT molecular complexity index is 571. The minimum atomic E-state index is -1.24. The summed E-state index contributed by atoms with van der Waals surface area (Å²) in [4.78, 5) is 38.9. The van der Waals surface area contributed by atoms with Gasteiger partial charge < -0.3 is 9.80 Å². The van der Waals surface area contributed by atoms with Crippen molar-refractivity contribution in [1.82, 2.24) is 14.8 Å². The highest BCUT2D eigenvalue weighted by atomic mass is 19.1. The summed E-state index contributed by atoms with van der Waals surface area (Å²) in [5.74, 6) is -0.614. The highest BCUT2D eigenvalue weighted by Gasteiger charge is 2.39. The van der Waals surface area contributed by atoms with Gasteiger partial charge in [-0.1, -0.05) is 0 Å². The van der Waals surface area contributed by atoms with Crippen LogP contribution in [0, 0.1) is 16.2 Å². The van der Waals surface area contributed by atoms with Gasteiger partial charge in [-0.05, 0) is 26.7 Å². The molecule has 2 atom stereocenters. The molecule has 0 saturated carbocycles. The summed E-state index contributed by atoms with van der Waals surface area (Å²) in [6.07, 6.45) is 0.730. The Balaban J connectivity index is 1.99. The van der Waals surface area contributed by atoms with E-state index in [0.29, 0.717) is 13.1 Å². The number of alkyl halides is 1. The first-order valence-electron chi connectivity index (χ1n) is 8.50. The topological polar surface area (TPSA) is 97.1 Å². The Kier molecular flexibility index (Phi) is 5.93. The van der Waals surface area contributed by atoms with Crippen LogP contribution in [-0.2, 0) is 9.59 Å². The number of amides is 2. The molecular weight excluding hydrogens is 329 g/mol. The summed E-state index contributed by atoms with van der Waals surface area (Å²) in [5, 5.41) is 13.0. The number of hydrogen-bond donors (Lipinski definition) is 0. The van der Waals surface area contributed by atoms with Crippen LogP contribution in [0.3, 0.4) is 0 Å². The number of halogens is 1. The van der Waals surface area contributed by atoms with Crippen LogP contribution in [0.4, 0.5) is 4.39 Å². The van der Waals surface area contributed by atoms with Crippen LogP contribution in [0.1, 0.15) is 39.5 Å². The average Bonchev–Trinajstić information content (AvgIpc) is 3.20. The predicted octanol–water partition coefficient (Wildman–Crippen LogP) is 1.22. The lowest BCUT2D eigenvalue weighted by Gasteiger charge is -2.35. The van der Waals surface area contributed by atoms with E-state index in [1.165, 1.54) is 0 Å². The Morgan fingerprint density at radius 3 is 2.52 bits per heavy atom. The number of nitrogens with zero attached hydrogens (tertiary/aromatic N) is 5. The third kappa shape index (κ3) is 4.44. The molecule has 9 heteroatoms. The molecule has 25 heavy (non-hydrogen) atoms. The van der Waals surface area contributed by atoms with Crippen LogP contribution in [0.5, 0.6) is 0 Å². The molecule has 0 radical (unpaired) electrons. The molecule has 2 aliphatic heterocycles. The van der Waals surface area contributed by atoms with Gasteiger partial charge in [-0.2, -0.15) is 5.26 Å². The first-order chi connectivity index (χ1) is 11.8. The van der Waals surface area contributed by atoms with E-state index >= 15 is 0 Å². The van der Waals surface area contributed by atoms with Crippen molar-refractivity contribution in [2.75, 3.05) is 26.2 Å². The number of nitroso groups, excluding NO2 is 1. The van der Waals surface area contributed by atoms with Gasteiger partial charge in [0.05, 0.1) is 29.9 Å². The van der Waals surface area contributed by atoms with Crippen LogP contribution in [0.2, 0.25) is 0 Å². The van der Waals surface area contributed by atoms with Gasteiger partial charge in [-0.3, -0.25) is 9.59 Å². The summed E-state index contributed by atoms with van der Waals surface area (Å²) in [6, 6.07) is 1.07. The van der Waals surface area contributed by atoms with Crippen LogP contribution in [0.25, 0.3) is 0 Å². The predicted molar refractivity (Wildman–Crippen MR) is 87.6 cm³/mol. The lowest BCUT2D eigenvalue weighted by atomic mass is 9.98. The molecule has 2 fully saturated rings. The Morgan fingerprint density at radius 1 is 1.32 bits per heavy atom. The van der Waals surface area contributed by atoms with Crippen LogP contribution >= 0.6 is 0 Å². The molecule has 138 valence electrons. The Hall–Kier alpha value is -2.24. The zero-order chi connectivity index (χ0) is 18.6. The van der Waals surface area contributed by atoms with Gasteiger partial charge in [0.15, 0.2) is 0 Å². The molecule has 2 amide bonds. The van der Waals surface area contributed by atoms with E-state index in [-0.39, 0.29) is 31.8 Å².